The number of amides is 1. The van der Waals surface area contributed by atoms with Gasteiger partial charge in [0.15, 0.2) is 0 Å². The highest BCUT2D eigenvalue weighted by atomic mass is 19.1. The molecule has 0 saturated carbocycles. The van der Waals surface area contributed by atoms with Crippen LogP contribution in [0.3, 0.4) is 0 Å². The van der Waals surface area contributed by atoms with Crippen LogP contribution in [0.25, 0.3) is 0 Å². The molecular weight excluding hydrogens is 365 g/mol. The first-order valence-corrected chi connectivity index (χ1v) is 9.12. The number of ether oxygens (including phenoxy) is 1. The van der Waals surface area contributed by atoms with Gasteiger partial charge in [0.25, 0.3) is 0 Å². The molecule has 8 heteroatoms. The highest BCUT2D eigenvalue weighted by Crippen LogP contribution is 2.18. The quantitative estimate of drug-likeness (QED) is 0.764. The molecule has 1 fully saturated rings. The Labute approximate surface area is 163 Å². The maximum Gasteiger partial charge on any atom is 0.341 e. The van der Waals surface area contributed by atoms with E-state index < -0.39 is 5.97 Å². The zero-order valence-electron chi connectivity index (χ0n) is 16.0. The fraction of sp³-hybridized carbons (Fsp3) is 0.400. The lowest BCUT2D eigenvalue weighted by Crippen LogP contribution is -2.48. The van der Waals surface area contributed by atoms with Crippen LogP contribution in [-0.2, 0) is 16.1 Å². The molecule has 0 bridgehead atoms. The first-order valence-electron chi connectivity index (χ1n) is 9.12. The minimum atomic E-state index is -0.401. The van der Waals surface area contributed by atoms with Crippen LogP contribution < -0.4 is 5.32 Å². The van der Waals surface area contributed by atoms with Crippen molar-refractivity contribution >= 4 is 17.6 Å². The SMILES string of the molecule is COC(=O)c1cc(CN2CCN(CC(=O)Nc3cccc(F)c3)CC2)oc1C. The maximum atomic E-state index is 13.2. The number of hydrogen-bond acceptors (Lipinski definition) is 6. The Hall–Kier alpha value is -2.71. The molecule has 1 N–H and O–H groups in total. The van der Waals surface area contributed by atoms with Gasteiger partial charge in [-0.05, 0) is 31.2 Å². The first kappa shape index (κ1) is 20.0. The molecule has 0 unspecified atom stereocenters. The third kappa shape index (κ3) is 5.17. The van der Waals surface area contributed by atoms with Crippen molar-refractivity contribution < 1.29 is 23.1 Å². The largest absolute Gasteiger partial charge is 0.465 e. The molecule has 1 aromatic heterocycles. The Morgan fingerprint density at radius 2 is 1.89 bits per heavy atom. The van der Waals surface area contributed by atoms with Gasteiger partial charge in [-0.3, -0.25) is 14.6 Å². The summed E-state index contributed by atoms with van der Waals surface area (Å²) in [7, 11) is 1.35. The molecule has 0 radical (unpaired) electrons. The van der Waals surface area contributed by atoms with Gasteiger partial charge in [0.05, 0.1) is 20.2 Å². The summed E-state index contributed by atoms with van der Waals surface area (Å²) in [6.07, 6.45) is 0. The Kier molecular flexibility index (Phi) is 6.43. The van der Waals surface area contributed by atoms with Gasteiger partial charge in [0.2, 0.25) is 5.91 Å². The van der Waals surface area contributed by atoms with Crippen molar-refractivity contribution in [1.29, 1.82) is 0 Å². The molecular formula is C20H24FN3O4. The molecule has 150 valence electrons. The first-order chi connectivity index (χ1) is 13.4. The zero-order valence-corrected chi connectivity index (χ0v) is 16.0. The van der Waals surface area contributed by atoms with Gasteiger partial charge in [-0.15, -0.1) is 0 Å². The van der Waals surface area contributed by atoms with Gasteiger partial charge in [0.1, 0.15) is 22.9 Å². The third-order valence-electron chi connectivity index (χ3n) is 4.69. The van der Waals surface area contributed by atoms with Crippen molar-refractivity contribution in [2.45, 2.75) is 13.5 Å². The average Bonchev–Trinajstić information content (AvgIpc) is 3.03. The zero-order chi connectivity index (χ0) is 20.1. The summed E-state index contributed by atoms with van der Waals surface area (Å²) in [5.41, 5.74) is 0.906. The van der Waals surface area contributed by atoms with Crippen molar-refractivity contribution in [3.63, 3.8) is 0 Å². The predicted molar refractivity (Wildman–Crippen MR) is 102 cm³/mol. The maximum absolute atomic E-state index is 13.2. The lowest BCUT2D eigenvalue weighted by atomic mass is 10.2. The standard InChI is InChI=1S/C20H24FN3O4/c1-14-18(20(26)27-2)11-17(28-14)12-23-6-8-24(9-7-23)13-19(25)22-16-5-3-4-15(21)10-16/h3-5,10-11H,6-9,12-13H2,1-2H3,(H,22,25). The number of nitrogens with one attached hydrogen (secondary N) is 1. The Morgan fingerprint density at radius 1 is 1.18 bits per heavy atom. The van der Waals surface area contributed by atoms with Crippen molar-refractivity contribution in [1.82, 2.24) is 9.80 Å². The van der Waals surface area contributed by atoms with Crippen LogP contribution in [0.4, 0.5) is 10.1 Å². The van der Waals surface area contributed by atoms with Gasteiger partial charge >= 0.3 is 5.97 Å². The number of benzene rings is 1. The fourth-order valence-electron chi connectivity index (χ4n) is 3.23. The van der Waals surface area contributed by atoms with Gasteiger partial charge in [-0.25, -0.2) is 9.18 Å². The summed E-state index contributed by atoms with van der Waals surface area (Å²) < 4.78 is 23.6. The van der Waals surface area contributed by atoms with Crippen LogP contribution in [0.15, 0.2) is 34.7 Å². The molecule has 1 aliphatic rings. The molecule has 1 aliphatic heterocycles. The number of aryl methyl sites for hydroxylation is 1. The van der Waals surface area contributed by atoms with Gasteiger partial charge in [0, 0.05) is 31.9 Å². The van der Waals surface area contributed by atoms with E-state index in [-0.39, 0.29) is 18.3 Å². The Bertz CT molecular complexity index is 844. The normalized spacial score (nSPS) is 15.4. The van der Waals surface area contributed by atoms with Crippen LogP contribution in [0.1, 0.15) is 21.9 Å². The van der Waals surface area contributed by atoms with E-state index in [9.17, 15) is 14.0 Å². The molecule has 1 saturated heterocycles. The van der Waals surface area contributed by atoms with Gasteiger partial charge in [-0.1, -0.05) is 6.07 Å². The monoisotopic (exact) mass is 389 g/mol. The number of hydrogen-bond donors (Lipinski definition) is 1. The van der Waals surface area contributed by atoms with Crippen molar-refractivity contribution in [2.75, 3.05) is 45.2 Å². The van der Waals surface area contributed by atoms with Crippen LogP contribution in [0, 0.1) is 12.7 Å². The summed E-state index contributed by atoms with van der Waals surface area (Å²) in [4.78, 5) is 28.1. The number of nitrogens with zero attached hydrogens (tertiary/aromatic N) is 2. The second-order valence-electron chi connectivity index (χ2n) is 6.78. The fourth-order valence-corrected chi connectivity index (χ4v) is 3.23. The lowest BCUT2D eigenvalue weighted by molar-refractivity contribution is -0.117. The van der Waals surface area contributed by atoms with E-state index in [2.05, 4.69) is 15.1 Å². The highest BCUT2D eigenvalue weighted by molar-refractivity contribution is 5.92. The molecule has 28 heavy (non-hydrogen) atoms. The van der Waals surface area contributed by atoms with E-state index in [4.69, 9.17) is 9.15 Å². The van der Waals surface area contributed by atoms with E-state index in [1.807, 2.05) is 0 Å². The smallest absolute Gasteiger partial charge is 0.341 e. The number of furan rings is 1. The summed E-state index contributed by atoms with van der Waals surface area (Å²) in [5.74, 6) is 0.324. The summed E-state index contributed by atoms with van der Waals surface area (Å²) >= 11 is 0. The summed E-state index contributed by atoms with van der Waals surface area (Å²) in [6.45, 7) is 5.63. The summed E-state index contributed by atoms with van der Waals surface area (Å²) in [5, 5.41) is 2.71. The van der Waals surface area contributed by atoms with E-state index in [0.29, 0.717) is 23.6 Å². The van der Waals surface area contributed by atoms with Crippen LogP contribution in [-0.4, -0.2) is 61.5 Å². The van der Waals surface area contributed by atoms with Gasteiger partial charge in [-0.2, -0.15) is 0 Å². The second kappa shape index (κ2) is 8.99. The van der Waals surface area contributed by atoms with Crippen molar-refractivity contribution in [3.05, 3.63) is 53.2 Å². The van der Waals surface area contributed by atoms with E-state index in [1.165, 1.54) is 19.2 Å². The molecule has 2 aromatic rings. The molecule has 1 aromatic carbocycles. The minimum absolute atomic E-state index is 0.163. The second-order valence-corrected chi connectivity index (χ2v) is 6.78. The van der Waals surface area contributed by atoms with E-state index >= 15 is 0 Å². The Balaban J connectivity index is 1.45. The minimum Gasteiger partial charge on any atom is -0.465 e. The average molecular weight is 389 g/mol. The topological polar surface area (TPSA) is 75.0 Å². The number of methoxy groups -OCH3 is 1. The number of rotatable bonds is 6. The van der Waals surface area contributed by atoms with Gasteiger partial charge < -0.3 is 14.5 Å². The molecule has 1 amide bonds. The molecule has 0 atom stereocenters. The third-order valence-corrected chi connectivity index (χ3v) is 4.69. The number of esters is 1. The number of halogens is 1. The molecule has 0 spiro atoms. The molecule has 7 nitrogen and oxygen atoms in total. The number of piperazine rings is 1. The molecule has 3 rings (SSSR count). The van der Waals surface area contributed by atoms with Crippen molar-refractivity contribution in [3.8, 4) is 0 Å². The lowest BCUT2D eigenvalue weighted by Gasteiger charge is -2.33. The number of carbonyl (C=O) groups excluding carboxylic acids is 2. The summed E-state index contributed by atoms with van der Waals surface area (Å²) in [6, 6.07) is 7.58. The molecule has 0 aliphatic carbocycles. The van der Waals surface area contributed by atoms with Crippen molar-refractivity contribution in [2.24, 2.45) is 0 Å². The van der Waals surface area contributed by atoms with Crippen LogP contribution in [0.5, 0.6) is 0 Å². The highest BCUT2D eigenvalue weighted by Gasteiger charge is 2.22. The predicted octanol–water partition coefficient (Wildman–Crippen LogP) is 2.27. The van der Waals surface area contributed by atoms with E-state index in [1.54, 1.807) is 25.1 Å². The van der Waals surface area contributed by atoms with Crippen LogP contribution in [0.2, 0.25) is 0 Å². The van der Waals surface area contributed by atoms with Crippen LogP contribution >= 0.6 is 0 Å². The Morgan fingerprint density at radius 3 is 2.57 bits per heavy atom. The number of anilines is 1. The van der Waals surface area contributed by atoms with E-state index in [0.717, 1.165) is 31.9 Å². The molecule has 2 heterocycles. The number of carbonyl (C=O) groups is 2.